The lowest BCUT2D eigenvalue weighted by Crippen LogP contribution is -2.45. The zero-order chi connectivity index (χ0) is 22.7. The lowest BCUT2D eigenvalue weighted by Gasteiger charge is -2.17. The van der Waals surface area contributed by atoms with Crippen molar-refractivity contribution in [1.82, 2.24) is 15.1 Å². The fourth-order valence-corrected chi connectivity index (χ4v) is 2.74. The molecule has 162 valence electrons. The molecule has 2 atom stereocenters. The summed E-state index contributed by atoms with van der Waals surface area (Å²) >= 11 is 5.86. The predicted molar refractivity (Wildman–Crippen MR) is 105 cm³/mol. The smallest absolute Gasteiger partial charge is 0.284 e. The molecule has 0 bridgehead atoms. The number of hydrogen-bond acceptors (Lipinski definition) is 4. The molecule has 1 aromatic heterocycles. The lowest BCUT2D eigenvalue weighted by atomic mass is 10.1. The van der Waals surface area contributed by atoms with E-state index in [2.05, 4.69) is 5.10 Å². The van der Waals surface area contributed by atoms with Gasteiger partial charge in [-0.1, -0.05) is 29.8 Å². The molecule has 0 saturated heterocycles. The lowest BCUT2D eigenvalue weighted by molar-refractivity contribution is -0.0551. The molecule has 11 heteroatoms. The average molecular weight is 456 g/mol. The highest BCUT2D eigenvalue weighted by atomic mass is 35.5. The van der Waals surface area contributed by atoms with Gasteiger partial charge in [-0.15, -0.1) is 0 Å². The quantitative estimate of drug-likeness (QED) is 0.441. The van der Waals surface area contributed by atoms with Crippen LogP contribution in [-0.4, -0.2) is 39.6 Å². The van der Waals surface area contributed by atoms with Crippen molar-refractivity contribution in [3.05, 3.63) is 81.4 Å². The van der Waals surface area contributed by atoms with E-state index in [-0.39, 0.29) is 11.4 Å². The number of halogens is 5. The number of carbonyl (C=O) groups is 1. The van der Waals surface area contributed by atoms with E-state index in [4.69, 9.17) is 16.7 Å². The number of aliphatic hydroxyl groups is 1. The Morgan fingerprint density at radius 1 is 1.10 bits per heavy atom. The normalized spacial score (nSPS) is 13.1. The standard InChI is InChI=1S/C20H14ClF4N3O3/c21-11-6-4-10(5-7-11)15-9-14(19(30)26-18(25)16(29)17(23)24)20(31)28(27-15)13-3-1-2-12(22)8-13/h1-9,16-18,29H,(H,26,30)/t16-,18?/m0/s1. The van der Waals surface area contributed by atoms with Gasteiger partial charge in [0.25, 0.3) is 17.9 Å². The van der Waals surface area contributed by atoms with Gasteiger partial charge in [0.1, 0.15) is 11.4 Å². The van der Waals surface area contributed by atoms with Crippen molar-refractivity contribution >= 4 is 17.5 Å². The van der Waals surface area contributed by atoms with Gasteiger partial charge in [0.05, 0.1) is 11.4 Å². The average Bonchev–Trinajstić information content (AvgIpc) is 2.73. The molecule has 1 amide bonds. The van der Waals surface area contributed by atoms with Crippen LogP contribution in [0.1, 0.15) is 10.4 Å². The number of aliphatic hydroxyl groups excluding tert-OH is 1. The Balaban J connectivity index is 2.12. The van der Waals surface area contributed by atoms with Crippen molar-refractivity contribution in [2.24, 2.45) is 0 Å². The third-order valence-electron chi connectivity index (χ3n) is 4.18. The van der Waals surface area contributed by atoms with E-state index in [1.54, 1.807) is 0 Å². The van der Waals surface area contributed by atoms with E-state index in [1.165, 1.54) is 41.7 Å². The van der Waals surface area contributed by atoms with Gasteiger partial charge in [0.2, 0.25) is 6.30 Å². The number of rotatable bonds is 6. The second-order valence-electron chi connectivity index (χ2n) is 6.35. The van der Waals surface area contributed by atoms with Gasteiger partial charge in [-0.05, 0) is 36.4 Å². The van der Waals surface area contributed by atoms with Crippen LogP contribution in [0.4, 0.5) is 17.6 Å². The molecule has 0 aliphatic carbocycles. The minimum atomic E-state index is -3.46. The summed E-state index contributed by atoms with van der Waals surface area (Å²) in [4.78, 5) is 25.3. The highest BCUT2D eigenvalue weighted by Gasteiger charge is 2.30. The summed E-state index contributed by atoms with van der Waals surface area (Å²) in [5.41, 5.74) is -1.27. The Morgan fingerprint density at radius 2 is 1.77 bits per heavy atom. The summed E-state index contributed by atoms with van der Waals surface area (Å²) in [6.07, 6.45) is -9.07. The molecule has 0 fully saturated rings. The van der Waals surface area contributed by atoms with E-state index >= 15 is 0 Å². The molecular weight excluding hydrogens is 442 g/mol. The second-order valence-corrected chi connectivity index (χ2v) is 6.78. The first kappa shape index (κ1) is 22.4. The maximum Gasteiger partial charge on any atom is 0.284 e. The van der Waals surface area contributed by atoms with Gasteiger partial charge in [-0.2, -0.15) is 9.78 Å². The van der Waals surface area contributed by atoms with Crippen molar-refractivity contribution < 1.29 is 27.5 Å². The van der Waals surface area contributed by atoms with Gasteiger partial charge in [-0.25, -0.2) is 17.6 Å². The van der Waals surface area contributed by atoms with Gasteiger partial charge in [0, 0.05) is 10.6 Å². The molecule has 2 aromatic carbocycles. The molecule has 3 rings (SSSR count). The van der Waals surface area contributed by atoms with E-state index < -0.39 is 41.7 Å². The summed E-state index contributed by atoms with van der Waals surface area (Å²) in [5.74, 6) is -2.04. The molecule has 31 heavy (non-hydrogen) atoms. The maximum absolute atomic E-state index is 13.8. The van der Waals surface area contributed by atoms with E-state index in [0.29, 0.717) is 10.6 Å². The van der Waals surface area contributed by atoms with Gasteiger partial charge >= 0.3 is 0 Å². The number of alkyl halides is 3. The minimum Gasteiger partial charge on any atom is -0.382 e. The largest absolute Gasteiger partial charge is 0.382 e. The van der Waals surface area contributed by atoms with Crippen molar-refractivity contribution in [3.63, 3.8) is 0 Å². The summed E-state index contributed by atoms with van der Waals surface area (Å²) in [6.45, 7) is 0. The number of amides is 1. The molecule has 1 unspecified atom stereocenters. The van der Waals surface area contributed by atoms with Gasteiger partial charge in [-0.3, -0.25) is 9.59 Å². The highest BCUT2D eigenvalue weighted by Crippen LogP contribution is 2.21. The monoisotopic (exact) mass is 455 g/mol. The molecule has 0 saturated carbocycles. The minimum absolute atomic E-state index is 0.0284. The van der Waals surface area contributed by atoms with Crippen LogP contribution in [0.25, 0.3) is 16.9 Å². The first-order chi connectivity index (χ1) is 14.7. The number of nitrogens with zero attached hydrogens (tertiary/aromatic N) is 2. The Hall–Kier alpha value is -3.24. The van der Waals surface area contributed by atoms with Crippen LogP contribution < -0.4 is 10.9 Å². The van der Waals surface area contributed by atoms with Crippen LogP contribution in [0.15, 0.2) is 59.4 Å². The van der Waals surface area contributed by atoms with E-state index in [0.717, 1.165) is 22.9 Å². The van der Waals surface area contributed by atoms with Crippen LogP contribution in [0.2, 0.25) is 5.02 Å². The van der Waals surface area contributed by atoms with E-state index in [1.807, 2.05) is 0 Å². The summed E-state index contributed by atoms with van der Waals surface area (Å²) in [5, 5.41) is 15.1. The van der Waals surface area contributed by atoms with Crippen LogP contribution in [0, 0.1) is 5.82 Å². The van der Waals surface area contributed by atoms with E-state index in [9.17, 15) is 27.2 Å². The summed E-state index contributed by atoms with van der Waals surface area (Å²) in [7, 11) is 0. The molecule has 0 aliphatic rings. The fraction of sp³-hybridized carbons (Fsp3) is 0.150. The summed E-state index contributed by atoms with van der Waals surface area (Å²) in [6, 6.07) is 11.9. The maximum atomic E-state index is 13.8. The zero-order valence-corrected chi connectivity index (χ0v) is 16.2. The first-order valence-electron chi connectivity index (χ1n) is 8.75. The Bertz CT molecular complexity index is 1160. The van der Waals surface area contributed by atoms with Crippen LogP contribution in [-0.2, 0) is 0 Å². The van der Waals surface area contributed by atoms with Crippen molar-refractivity contribution in [3.8, 4) is 16.9 Å². The van der Waals surface area contributed by atoms with Crippen LogP contribution in [0.3, 0.4) is 0 Å². The molecule has 6 nitrogen and oxygen atoms in total. The van der Waals surface area contributed by atoms with Gasteiger partial charge < -0.3 is 10.4 Å². The predicted octanol–water partition coefficient (Wildman–Crippen LogP) is 3.34. The Morgan fingerprint density at radius 3 is 2.39 bits per heavy atom. The number of benzene rings is 2. The topological polar surface area (TPSA) is 84.2 Å². The fourth-order valence-electron chi connectivity index (χ4n) is 2.62. The molecule has 3 aromatic rings. The number of carbonyl (C=O) groups excluding carboxylic acids is 1. The first-order valence-corrected chi connectivity index (χ1v) is 9.12. The van der Waals surface area contributed by atoms with Crippen molar-refractivity contribution in [2.75, 3.05) is 0 Å². The zero-order valence-electron chi connectivity index (χ0n) is 15.5. The molecule has 0 aliphatic heterocycles. The SMILES string of the molecule is O=C(NC(F)[C@@H](O)C(F)F)c1cc(-c2ccc(Cl)cc2)nn(-c2cccc(F)c2)c1=O. The molecule has 0 radical (unpaired) electrons. The third kappa shape index (κ3) is 5.09. The number of aromatic nitrogens is 2. The molecule has 2 N–H and O–H groups in total. The van der Waals surface area contributed by atoms with Crippen LogP contribution in [0.5, 0.6) is 0 Å². The molecular formula is C20H14ClF4N3O3. The molecule has 1 heterocycles. The Kier molecular flexibility index (Phi) is 6.71. The number of nitrogens with one attached hydrogen (secondary N) is 1. The van der Waals surface area contributed by atoms with Gasteiger partial charge in [0.15, 0.2) is 6.10 Å². The van der Waals surface area contributed by atoms with Crippen molar-refractivity contribution in [2.45, 2.75) is 18.8 Å². The second kappa shape index (κ2) is 9.27. The Labute approximate surface area is 177 Å². The van der Waals surface area contributed by atoms with Crippen molar-refractivity contribution in [1.29, 1.82) is 0 Å². The number of hydrogen-bond donors (Lipinski definition) is 2. The molecule has 0 spiro atoms. The third-order valence-corrected chi connectivity index (χ3v) is 4.43. The summed E-state index contributed by atoms with van der Waals surface area (Å²) < 4.78 is 53.2. The highest BCUT2D eigenvalue weighted by molar-refractivity contribution is 6.30. The van der Waals surface area contributed by atoms with Crippen LogP contribution >= 0.6 is 11.6 Å².